The number of halogens is 2. The summed E-state index contributed by atoms with van der Waals surface area (Å²) in [5, 5.41) is 11.3. The molecule has 0 saturated heterocycles. The molecule has 1 unspecified atom stereocenters. The number of hydrogen-bond donors (Lipinski definition) is 1. The molecule has 0 aliphatic heterocycles. The highest BCUT2D eigenvalue weighted by atomic mass is 35.5. The fourth-order valence-corrected chi connectivity index (χ4v) is 2.72. The minimum atomic E-state index is -1.10. The third kappa shape index (κ3) is 3.20. The van der Waals surface area contributed by atoms with Crippen LogP contribution in [0.3, 0.4) is 0 Å². The summed E-state index contributed by atoms with van der Waals surface area (Å²) in [5.41, 5.74) is 0.0668. The molecule has 20 heavy (non-hydrogen) atoms. The highest BCUT2D eigenvalue weighted by molar-refractivity contribution is 6.31. The average molecular weight is 293 g/mol. The quantitative estimate of drug-likeness (QED) is 0.846. The second-order valence-electron chi connectivity index (χ2n) is 5.02. The van der Waals surface area contributed by atoms with Crippen LogP contribution in [0.4, 0.5) is 4.39 Å². The predicted molar refractivity (Wildman–Crippen MR) is 80.4 cm³/mol. The Kier molecular flexibility index (Phi) is 4.79. The molecule has 2 aromatic rings. The maximum atomic E-state index is 13.9. The van der Waals surface area contributed by atoms with Gasteiger partial charge in [0, 0.05) is 17.0 Å². The first kappa shape index (κ1) is 15.0. The molecule has 1 nitrogen and oxygen atoms in total. The minimum absolute atomic E-state index is 0.177. The molecule has 106 valence electrons. The largest absolute Gasteiger partial charge is 0.385 e. The predicted octanol–water partition coefficient (Wildman–Crippen LogP) is 4.71. The number of aliphatic hydroxyl groups is 1. The van der Waals surface area contributed by atoms with Gasteiger partial charge in [-0.2, -0.15) is 0 Å². The second kappa shape index (κ2) is 6.38. The molecular formula is C17H18ClFO. The summed E-state index contributed by atoms with van der Waals surface area (Å²) in [4.78, 5) is 0. The minimum Gasteiger partial charge on any atom is -0.385 e. The van der Waals surface area contributed by atoms with Crippen LogP contribution in [0, 0.1) is 5.82 Å². The Morgan fingerprint density at radius 1 is 1.10 bits per heavy atom. The number of rotatable bonds is 5. The van der Waals surface area contributed by atoms with Crippen molar-refractivity contribution in [3.63, 3.8) is 0 Å². The molecule has 0 heterocycles. The lowest BCUT2D eigenvalue weighted by atomic mass is 9.83. The molecular weight excluding hydrogens is 275 g/mol. The molecule has 3 heteroatoms. The number of hydrogen-bond acceptors (Lipinski definition) is 1. The van der Waals surface area contributed by atoms with Crippen molar-refractivity contribution in [3.05, 3.63) is 70.5 Å². The molecule has 2 rings (SSSR count). The van der Waals surface area contributed by atoms with Gasteiger partial charge in [-0.05, 0) is 24.1 Å². The Hall–Kier alpha value is -1.38. The third-order valence-electron chi connectivity index (χ3n) is 3.51. The van der Waals surface area contributed by atoms with Gasteiger partial charge in [0.1, 0.15) is 5.82 Å². The Labute approximate surface area is 124 Å². The molecule has 0 aromatic heterocycles. The van der Waals surface area contributed by atoms with Gasteiger partial charge in [0.25, 0.3) is 0 Å². The van der Waals surface area contributed by atoms with Crippen LogP contribution < -0.4 is 0 Å². The fraction of sp³-hybridized carbons (Fsp3) is 0.294. The van der Waals surface area contributed by atoms with Gasteiger partial charge in [-0.15, -0.1) is 0 Å². The smallest absolute Gasteiger partial charge is 0.128 e. The molecule has 0 fully saturated rings. The SMILES string of the molecule is CCCC(O)(Cc1c(F)cccc1Cl)c1ccccc1. The zero-order chi connectivity index (χ0) is 14.6. The summed E-state index contributed by atoms with van der Waals surface area (Å²) < 4.78 is 13.9. The van der Waals surface area contributed by atoms with Gasteiger partial charge < -0.3 is 5.11 Å². The van der Waals surface area contributed by atoms with Crippen LogP contribution in [0.5, 0.6) is 0 Å². The van der Waals surface area contributed by atoms with E-state index in [9.17, 15) is 9.50 Å². The molecule has 0 radical (unpaired) electrons. The lowest BCUT2D eigenvalue weighted by Gasteiger charge is -2.29. The van der Waals surface area contributed by atoms with Crippen molar-refractivity contribution >= 4 is 11.6 Å². The zero-order valence-electron chi connectivity index (χ0n) is 11.4. The highest BCUT2D eigenvalue weighted by Crippen LogP contribution is 2.33. The molecule has 0 amide bonds. The topological polar surface area (TPSA) is 20.2 Å². The monoisotopic (exact) mass is 292 g/mol. The van der Waals surface area contributed by atoms with E-state index in [0.29, 0.717) is 17.0 Å². The van der Waals surface area contributed by atoms with E-state index in [2.05, 4.69) is 0 Å². The van der Waals surface area contributed by atoms with Gasteiger partial charge in [0.05, 0.1) is 5.60 Å². The van der Waals surface area contributed by atoms with Crippen molar-refractivity contribution in [1.29, 1.82) is 0 Å². The standard InChI is InChI=1S/C17H18ClFO/c1-2-11-17(20,13-7-4-3-5-8-13)12-14-15(18)9-6-10-16(14)19/h3-10,20H,2,11-12H2,1H3. The number of benzene rings is 2. The Balaban J connectivity index is 2.40. The Morgan fingerprint density at radius 3 is 2.40 bits per heavy atom. The van der Waals surface area contributed by atoms with Gasteiger partial charge in [-0.1, -0.05) is 61.3 Å². The van der Waals surface area contributed by atoms with E-state index in [-0.39, 0.29) is 12.2 Å². The summed E-state index contributed by atoms with van der Waals surface area (Å²) in [6.45, 7) is 2.00. The molecule has 0 aliphatic rings. The van der Waals surface area contributed by atoms with Crippen LogP contribution in [0.15, 0.2) is 48.5 Å². The Bertz CT molecular complexity index is 550. The molecule has 1 atom stereocenters. The van der Waals surface area contributed by atoms with Crippen LogP contribution in [0.25, 0.3) is 0 Å². The Morgan fingerprint density at radius 2 is 1.80 bits per heavy atom. The van der Waals surface area contributed by atoms with Gasteiger partial charge in [0.2, 0.25) is 0 Å². The van der Waals surface area contributed by atoms with Crippen molar-refractivity contribution in [2.24, 2.45) is 0 Å². The summed E-state index contributed by atoms with van der Waals surface area (Å²) >= 11 is 6.07. The van der Waals surface area contributed by atoms with Crippen LogP contribution in [-0.4, -0.2) is 5.11 Å². The van der Waals surface area contributed by atoms with Crippen molar-refractivity contribution < 1.29 is 9.50 Å². The summed E-state index contributed by atoms with van der Waals surface area (Å²) in [7, 11) is 0. The summed E-state index contributed by atoms with van der Waals surface area (Å²) in [6, 6.07) is 14.0. The van der Waals surface area contributed by atoms with E-state index in [0.717, 1.165) is 12.0 Å². The maximum Gasteiger partial charge on any atom is 0.128 e. The van der Waals surface area contributed by atoms with Gasteiger partial charge in [-0.3, -0.25) is 0 Å². The van der Waals surface area contributed by atoms with Crippen LogP contribution in [-0.2, 0) is 12.0 Å². The van der Waals surface area contributed by atoms with Crippen molar-refractivity contribution in [3.8, 4) is 0 Å². The molecule has 2 aromatic carbocycles. The second-order valence-corrected chi connectivity index (χ2v) is 5.43. The van der Waals surface area contributed by atoms with Gasteiger partial charge in [-0.25, -0.2) is 4.39 Å². The summed E-state index contributed by atoms with van der Waals surface area (Å²) in [5.74, 6) is -0.372. The molecule has 0 saturated carbocycles. The van der Waals surface area contributed by atoms with E-state index in [1.54, 1.807) is 12.1 Å². The van der Waals surface area contributed by atoms with Crippen LogP contribution in [0.2, 0.25) is 5.02 Å². The first-order valence-electron chi connectivity index (χ1n) is 6.77. The lowest BCUT2D eigenvalue weighted by molar-refractivity contribution is 0.0261. The van der Waals surface area contributed by atoms with Gasteiger partial charge in [0.15, 0.2) is 0 Å². The lowest BCUT2D eigenvalue weighted by Crippen LogP contribution is -2.29. The van der Waals surface area contributed by atoms with E-state index < -0.39 is 5.60 Å². The molecule has 0 spiro atoms. The normalized spacial score (nSPS) is 14.0. The summed E-state index contributed by atoms with van der Waals surface area (Å²) in [6.07, 6.45) is 1.54. The first-order chi connectivity index (χ1) is 9.57. The van der Waals surface area contributed by atoms with Gasteiger partial charge >= 0.3 is 0 Å². The zero-order valence-corrected chi connectivity index (χ0v) is 12.2. The highest BCUT2D eigenvalue weighted by Gasteiger charge is 2.30. The molecule has 0 bridgehead atoms. The fourth-order valence-electron chi connectivity index (χ4n) is 2.49. The van der Waals surface area contributed by atoms with Crippen LogP contribution >= 0.6 is 11.6 Å². The van der Waals surface area contributed by atoms with Crippen molar-refractivity contribution in [2.75, 3.05) is 0 Å². The molecule has 0 aliphatic carbocycles. The van der Waals surface area contributed by atoms with E-state index in [4.69, 9.17) is 11.6 Å². The van der Waals surface area contributed by atoms with Crippen molar-refractivity contribution in [1.82, 2.24) is 0 Å². The average Bonchev–Trinajstić information content (AvgIpc) is 2.44. The van der Waals surface area contributed by atoms with Crippen LogP contribution in [0.1, 0.15) is 30.9 Å². The van der Waals surface area contributed by atoms with E-state index in [1.165, 1.54) is 6.07 Å². The van der Waals surface area contributed by atoms with Crippen molar-refractivity contribution in [2.45, 2.75) is 31.8 Å². The van der Waals surface area contributed by atoms with E-state index >= 15 is 0 Å². The van der Waals surface area contributed by atoms with E-state index in [1.807, 2.05) is 37.3 Å². The first-order valence-corrected chi connectivity index (χ1v) is 7.15. The molecule has 1 N–H and O–H groups in total. The maximum absolute atomic E-state index is 13.9. The third-order valence-corrected chi connectivity index (χ3v) is 3.86.